The molecule has 0 atom stereocenters. The molecule has 1 aliphatic carbocycles. The summed E-state index contributed by atoms with van der Waals surface area (Å²) in [6.45, 7) is 11.8. The molecule has 1 aliphatic rings. The van der Waals surface area contributed by atoms with Crippen LogP contribution in [0.15, 0.2) is 22.4 Å². The van der Waals surface area contributed by atoms with E-state index in [0.717, 1.165) is 0 Å². The number of rotatable bonds is 1. The van der Waals surface area contributed by atoms with Gasteiger partial charge in [0.25, 0.3) is 0 Å². The fraction of sp³-hybridized carbons (Fsp3) is 0.600. The van der Waals surface area contributed by atoms with Gasteiger partial charge in [-0.3, -0.25) is 0 Å². The second kappa shape index (κ2) is 2.63. The molecule has 0 heterocycles. The van der Waals surface area contributed by atoms with E-state index >= 15 is 0 Å². The van der Waals surface area contributed by atoms with Crippen LogP contribution in [0.1, 0.15) is 20.3 Å². The zero-order chi connectivity index (χ0) is 8.65. The highest BCUT2D eigenvalue weighted by Gasteiger charge is 2.25. The Hall–Kier alpha value is -0.303. The average Bonchev–Trinajstić information content (AvgIpc) is 2.08. The molecular formula is C10H18Si. The van der Waals surface area contributed by atoms with Crippen LogP contribution in [0.4, 0.5) is 0 Å². The van der Waals surface area contributed by atoms with E-state index in [9.17, 15) is 0 Å². The normalized spacial score (nSPS) is 19.2. The first-order valence-corrected chi connectivity index (χ1v) is 7.80. The maximum Gasteiger partial charge on any atom is 0.0778 e. The molecule has 0 N–H and O–H groups in total. The fourth-order valence-electron chi connectivity index (χ4n) is 2.08. The van der Waals surface area contributed by atoms with E-state index in [1.165, 1.54) is 6.42 Å². The third-order valence-corrected chi connectivity index (χ3v) is 4.61. The summed E-state index contributed by atoms with van der Waals surface area (Å²) in [6.07, 6.45) is 3.56. The Morgan fingerprint density at radius 1 is 1.18 bits per heavy atom. The Labute approximate surface area is 71.0 Å². The van der Waals surface area contributed by atoms with Crippen molar-refractivity contribution >= 4 is 8.07 Å². The van der Waals surface area contributed by atoms with Crippen LogP contribution in [0, 0.1) is 0 Å². The quantitative estimate of drug-likeness (QED) is 0.523. The molecule has 0 bridgehead atoms. The smallest absolute Gasteiger partial charge is 0.0777 e. The standard InChI is InChI=1S/C10H18Si/c1-8-6-7-9(2)10(8)11(3,4)5/h6H,7H2,1-5H3. The van der Waals surface area contributed by atoms with Gasteiger partial charge in [0.2, 0.25) is 0 Å². The minimum atomic E-state index is -1.04. The van der Waals surface area contributed by atoms with Crippen LogP contribution in [-0.2, 0) is 0 Å². The van der Waals surface area contributed by atoms with E-state index in [4.69, 9.17) is 0 Å². The van der Waals surface area contributed by atoms with Gasteiger partial charge < -0.3 is 0 Å². The zero-order valence-electron chi connectivity index (χ0n) is 8.28. The van der Waals surface area contributed by atoms with Crippen molar-refractivity contribution in [2.45, 2.75) is 39.9 Å². The fourth-order valence-corrected chi connectivity index (χ4v) is 4.75. The molecule has 0 spiro atoms. The highest BCUT2D eigenvalue weighted by Crippen LogP contribution is 2.32. The van der Waals surface area contributed by atoms with Gasteiger partial charge in [-0.05, 0) is 20.3 Å². The van der Waals surface area contributed by atoms with Crippen molar-refractivity contribution < 1.29 is 0 Å². The second-order valence-corrected chi connectivity index (χ2v) is 9.50. The number of hydrogen-bond acceptors (Lipinski definition) is 0. The number of allylic oxidation sites excluding steroid dienone is 4. The molecule has 1 heteroatoms. The lowest BCUT2D eigenvalue weighted by atomic mass is 10.3. The molecule has 0 aromatic heterocycles. The summed E-state index contributed by atoms with van der Waals surface area (Å²) < 4.78 is 0. The van der Waals surface area contributed by atoms with Crippen LogP contribution >= 0.6 is 0 Å². The minimum Gasteiger partial charge on any atom is -0.0777 e. The number of hydrogen-bond donors (Lipinski definition) is 0. The van der Waals surface area contributed by atoms with Gasteiger partial charge in [0.1, 0.15) is 0 Å². The Bertz CT molecular complexity index is 226. The van der Waals surface area contributed by atoms with Gasteiger partial charge in [0, 0.05) is 0 Å². The molecule has 0 nitrogen and oxygen atoms in total. The molecule has 0 aromatic carbocycles. The summed E-state index contributed by atoms with van der Waals surface area (Å²) in [5.74, 6) is 0. The van der Waals surface area contributed by atoms with Crippen LogP contribution in [0.3, 0.4) is 0 Å². The van der Waals surface area contributed by atoms with Gasteiger partial charge >= 0.3 is 0 Å². The predicted octanol–water partition coefficient (Wildman–Crippen LogP) is 3.53. The van der Waals surface area contributed by atoms with Crippen LogP contribution < -0.4 is 0 Å². The van der Waals surface area contributed by atoms with Gasteiger partial charge in [-0.2, -0.15) is 0 Å². The molecule has 0 aliphatic heterocycles. The molecule has 1 rings (SSSR count). The zero-order valence-corrected chi connectivity index (χ0v) is 9.28. The lowest BCUT2D eigenvalue weighted by molar-refractivity contribution is 1.24. The molecule has 0 radical (unpaired) electrons. The van der Waals surface area contributed by atoms with E-state index in [-0.39, 0.29) is 0 Å². The summed E-state index contributed by atoms with van der Waals surface area (Å²) >= 11 is 0. The Kier molecular flexibility index (Phi) is 2.10. The first-order chi connectivity index (χ1) is 4.93. The van der Waals surface area contributed by atoms with Crippen LogP contribution in [0.25, 0.3) is 0 Å². The lowest BCUT2D eigenvalue weighted by Crippen LogP contribution is -2.24. The average molecular weight is 166 g/mol. The second-order valence-electron chi connectivity index (χ2n) is 4.50. The van der Waals surface area contributed by atoms with Crippen molar-refractivity contribution in [1.29, 1.82) is 0 Å². The van der Waals surface area contributed by atoms with Crippen LogP contribution in [0.5, 0.6) is 0 Å². The summed E-state index contributed by atoms with van der Waals surface area (Å²) in [4.78, 5) is 0. The molecule has 0 aromatic rings. The molecular weight excluding hydrogens is 148 g/mol. The van der Waals surface area contributed by atoms with Gasteiger partial charge in [-0.25, -0.2) is 0 Å². The first kappa shape index (κ1) is 8.79. The first-order valence-electron chi connectivity index (χ1n) is 4.30. The van der Waals surface area contributed by atoms with Gasteiger partial charge in [0.05, 0.1) is 8.07 Å². The topological polar surface area (TPSA) is 0 Å². The van der Waals surface area contributed by atoms with E-state index in [1.54, 1.807) is 16.3 Å². The van der Waals surface area contributed by atoms with Crippen molar-refractivity contribution in [1.82, 2.24) is 0 Å². The Morgan fingerprint density at radius 3 is 1.91 bits per heavy atom. The summed E-state index contributed by atoms with van der Waals surface area (Å²) in [7, 11) is -1.04. The van der Waals surface area contributed by atoms with E-state index in [2.05, 4.69) is 39.6 Å². The maximum absolute atomic E-state index is 2.43. The van der Waals surface area contributed by atoms with Gasteiger partial charge in [-0.15, -0.1) is 0 Å². The highest BCUT2D eigenvalue weighted by molar-refractivity contribution is 6.84. The highest BCUT2D eigenvalue weighted by atomic mass is 28.3. The van der Waals surface area contributed by atoms with E-state index < -0.39 is 8.07 Å². The molecule has 11 heavy (non-hydrogen) atoms. The largest absolute Gasteiger partial charge is 0.0778 e. The predicted molar refractivity (Wildman–Crippen MR) is 54.4 cm³/mol. The van der Waals surface area contributed by atoms with Crippen molar-refractivity contribution in [2.75, 3.05) is 0 Å². The van der Waals surface area contributed by atoms with Crippen molar-refractivity contribution in [3.63, 3.8) is 0 Å². The summed E-state index contributed by atoms with van der Waals surface area (Å²) in [5, 5.41) is 1.71. The SMILES string of the molecule is CC1=CCC(C)=C1[Si](C)(C)C. The van der Waals surface area contributed by atoms with Crippen LogP contribution in [-0.4, -0.2) is 8.07 Å². The lowest BCUT2D eigenvalue weighted by Gasteiger charge is -2.21. The molecule has 0 saturated heterocycles. The molecule has 0 fully saturated rings. The summed E-state index contributed by atoms with van der Waals surface area (Å²) in [5.41, 5.74) is 3.16. The molecule has 0 unspecified atom stereocenters. The van der Waals surface area contributed by atoms with E-state index in [1.807, 2.05) is 0 Å². The monoisotopic (exact) mass is 166 g/mol. The van der Waals surface area contributed by atoms with Crippen molar-refractivity contribution in [3.05, 3.63) is 22.4 Å². The van der Waals surface area contributed by atoms with Crippen LogP contribution in [0.2, 0.25) is 19.6 Å². The maximum atomic E-state index is 2.43. The van der Waals surface area contributed by atoms with Crippen molar-refractivity contribution in [3.8, 4) is 0 Å². The van der Waals surface area contributed by atoms with Gasteiger partial charge in [-0.1, -0.05) is 42.1 Å². The molecule has 62 valence electrons. The minimum absolute atomic E-state index is 1.04. The Balaban J connectivity index is 3.03. The van der Waals surface area contributed by atoms with E-state index in [0.29, 0.717) is 0 Å². The Morgan fingerprint density at radius 2 is 1.73 bits per heavy atom. The third kappa shape index (κ3) is 1.64. The molecule has 0 saturated carbocycles. The summed E-state index contributed by atoms with van der Waals surface area (Å²) in [6, 6.07) is 0. The van der Waals surface area contributed by atoms with Gasteiger partial charge in [0.15, 0.2) is 0 Å². The third-order valence-electron chi connectivity index (χ3n) is 2.29. The molecule has 0 amide bonds. The van der Waals surface area contributed by atoms with Crippen molar-refractivity contribution in [2.24, 2.45) is 0 Å².